The van der Waals surface area contributed by atoms with Gasteiger partial charge in [-0.05, 0) is 42.9 Å². The van der Waals surface area contributed by atoms with Gasteiger partial charge in [0.15, 0.2) is 5.65 Å². The van der Waals surface area contributed by atoms with Crippen LogP contribution in [0.5, 0.6) is 5.88 Å². The van der Waals surface area contributed by atoms with E-state index in [1.54, 1.807) is 7.11 Å². The van der Waals surface area contributed by atoms with Gasteiger partial charge in [-0.1, -0.05) is 54.6 Å². The van der Waals surface area contributed by atoms with Crippen LogP contribution in [0.2, 0.25) is 0 Å². The number of fused-ring (bicyclic) bond motifs is 1. The largest absolute Gasteiger partial charge is 0.480 e. The van der Waals surface area contributed by atoms with E-state index in [4.69, 9.17) is 20.6 Å². The molecule has 1 fully saturated rings. The zero-order valence-corrected chi connectivity index (χ0v) is 19.2. The fraction of sp³-hybridized carbons (Fsp3) is 0.250. The van der Waals surface area contributed by atoms with Crippen molar-refractivity contribution in [3.05, 3.63) is 77.9 Å². The fourth-order valence-corrected chi connectivity index (χ4v) is 4.91. The number of benzene rings is 2. The van der Waals surface area contributed by atoms with E-state index in [1.165, 1.54) is 17.6 Å². The number of aromatic nitrogens is 3. The maximum atomic E-state index is 6.57. The number of nitrogens with two attached hydrogens (primary N) is 1. The summed E-state index contributed by atoms with van der Waals surface area (Å²) in [6.07, 6.45) is 8.06. The second-order valence-electron chi connectivity index (χ2n) is 9.10. The zero-order chi connectivity index (χ0) is 23.1. The molecular formula is C28H27N5O. The van der Waals surface area contributed by atoms with Crippen LogP contribution in [0.1, 0.15) is 36.8 Å². The molecule has 0 atom stereocenters. The van der Waals surface area contributed by atoms with Gasteiger partial charge < -0.3 is 10.5 Å². The summed E-state index contributed by atoms with van der Waals surface area (Å²) >= 11 is 0. The molecular weight excluding hydrogens is 422 g/mol. The monoisotopic (exact) mass is 449 g/mol. The van der Waals surface area contributed by atoms with Crippen molar-refractivity contribution in [3.63, 3.8) is 0 Å². The molecule has 2 aromatic carbocycles. The highest BCUT2D eigenvalue weighted by Crippen LogP contribution is 2.40. The van der Waals surface area contributed by atoms with Gasteiger partial charge in [0.05, 0.1) is 12.8 Å². The number of rotatable bonds is 5. The molecule has 3 heterocycles. The van der Waals surface area contributed by atoms with Crippen LogP contribution < -0.4 is 10.5 Å². The average Bonchev–Trinajstić information content (AvgIpc) is 3.27. The summed E-state index contributed by atoms with van der Waals surface area (Å²) in [4.78, 5) is 9.51. The first-order chi connectivity index (χ1) is 16.7. The van der Waals surface area contributed by atoms with Crippen molar-refractivity contribution < 1.29 is 4.74 Å². The smallest absolute Gasteiger partial charge is 0.232 e. The first-order valence-electron chi connectivity index (χ1n) is 11.8. The molecule has 6 heteroatoms. The van der Waals surface area contributed by atoms with E-state index in [0.29, 0.717) is 5.88 Å². The van der Waals surface area contributed by atoms with Crippen LogP contribution in [-0.4, -0.2) is 34.5 Å². The highest BCUT2D eigenvalue weighted by Gasteiger charge is 2.34. The SMILES string of the molecule is COc1cc(C2=CC=NCC2)c2nc(-c3ccc(C4(N)CCC4)cc3)c(-c3ccccc3)n2n1. The average molecular weight is 450 g/mol. The Bertz CT molecular complexity index is 1410. The van der Waals surface area contributed by atoms with Gasteiger partial charge in [0.2, 0.25) is 5.88 Å². The number of methoxy groups -OCH3 is 1. The molecule has 0 spiro atoms. The third-order valence-corrected chi connectivity index (χ3v) is 7.03. The second kappa shape index (κ2) is 8.22. The number of nitrogens with zero attached hydrogens (tertiary/aromatic N) is 4. The molecule has 1 aliphatic carbocycles. The summed E-state index contributed by atoms with van der Waals surface area (Å²) in [7, 11) is 1.65. The van der Waals surface area contributed by atoms with Crippen LogP contribution in [0.4, 0.5) is 0 Å². The van der Waals surface area contributed by atoms with Crippen molar-refractivity contribution in [2.24, 2.45) is 10.7 Å². The van der Waals surface area contributed by atoms with Crippen molar-refractivity contribution in [1.29, 1.82) is 0 Å². The Morgan fingerprint density at radius 2 is 1.79 bits per heavy atom. The molecule has 170 valence electrons. The van der Waals surface area contributed by atoms with E-state index in [1.807, 2.05) is 35.0 Å². The number of aliphatic imine (C=N–C) groups is 1. The molecule has 0 radical (unpaired) electrons. The van der Waals surface area contributed by atoms with Gasteiger partial charge in [0.25, 0.3) is 0 Å². The summed E-state index contributed by atoms with van der Waals surface area (Å²) in [6.45, 7) is 0.768. The Kier molecular flexibility index (Phi) is 5.03. The summed E-state index contributed by atoms with van der Waals surface area (Å²) in [5.41, 5.74) is 14.5. The van der Waals surface area contributed by atoms with Gasteiger partial charge >= 0.3 is 0 Å². The molecule has 4 aromatic rings. The van der Waals surface area contributed by atoms with E-state index >= 15 is 0 Å². The third-order valence-electron chi connectivity index (χ3n) is 7.03. The van der Waals surface area contributed by atoms with Gasteiger partial charge in [-0.25, -0.2) is 9.50 Å². The summed E-state index contributed by atoms with van der Waals surface area (Å²) < 4.78 is 7.52. The molecule has 0 unspecified atom stereocenters. The van der Waals surface area contributed by atoms with Crippen LogP contribution in [0.15, 0.2) is 71.7 Å². The molecule has 6 nitrogen and oxygen atoms in total. The molecule has 1 aliphatic heterocycles. The van der Waals surface area contributed by atoms with Crippen LogP contribution in [0, 0.1) is 0 Å². The third kappa shape index (κ3) is 3.42. The van der Waals surface area contributed by atoms with Crippen molar-refractivity contribution in [2.75, 3.05) is 13.7 Å². The molecule has 2 N–H and O–H groups in total. The molecule has 0 saturated heterocycles. The normalized spacial score (nSPS) is 16.8. The zero-order valence-electron chi connectivity index (χ0n) is 19.2. The predicted octanol–water partition coefficient (Wildman–Crippen LogP) is 5.27. The Balaban J connectivity index is 1.59. The molecule has 34 heavy (non-hydrogen) atoms. The van der Waals surface area contributed by atoms with E-state index in [2.05, 4.69) is 47.5 Å². The molecule has 6 rings (SSSR count). The van der Waals surface area contributed by atoms with Crippen LogP contribution in [0.3, 0.4) is 0 Å². The van der Waals surface area contributed by atoms with Crippen molar-refractivity contribution in [2.45, 2.75) is 31.2 Å². The van der Waals surface area contributed by atoms with Gasteiger partial charge in [0.1, 0.15) is 5.69 Å². The van der Waals surface area contributed by atoms with Crippen LogP contribution in [0.25, 0.3) is 33.7 Å². The van der Waals surface area contributed by atoms with E-state index in [0.717, 1.165) is 59.5 Å². The maximum Gasteiger partial charge on any atom is 0.232 e. The quantitative estimate of drug-likeness (QED) is 0.450. The number of hydrogen-bond donors (Lipinski definition) is 1. The van der Waals surface area contributed by atoms with E-state index < -0.39 is 0 Å². The Morgan fingerprint density at radius 3 is 2.44 bits per heavy atom. The topological polar surface area (TPSA) is 77.8 Å². The molecule has 2 aliphatic rings. The van der Waals surface area contributed by atoms with E-state index in [-0.39, 0.29) is 5.54 Å². The molecule has 0 amide bonds. The van der Waals surface area contributed by atoms with Gasteiger partial charge in [-0.3, -0.25) is 4.99 Å². The summed E-state index contributed by atoms with van der Waals surface area (Å²) in [5.74, 6) is 0.553. The Hall–Kier alpha value is -3.77. The highest BCUT2D eigenvalue weighted by molar-refractivity contribution is 5.92. The number of ether oxygens (including phenoxy) is 1. The van der Waals surface area contributed by atoms with Crippen molar-refractivity contribution in [1.82, 2.24) is 14.6 Å². The standard InChI is InChI=1S/C28H27N5O/c1-34-24-18-23(19-12-16-30-17-13-19)27-31-25(26(33(27)32-24)21-6-3-2-4-7-21)20-8-10-22(11-9-20)28(29)14-5-15-28/h2-4,6-12,16,18H,5,13-15,17,29H2,1H3. The maximum absolute atomic E-state index is 6.57. The lowest BCUT2D eigenvalue weighted by atomic mass is 9.72. The minimum absolute atomic E-state index is 0.184. The Morgan fingerprint density at radius 1 is 1.00 bits per heavy atom. The first kappa shape index (κ1) is 20.8. The summed E-state index contributed by atoms with van der Waals surface area (Å²) in [5, 5.41) is 4.80. The van der Waals surface area contributed by atoms with Gasteiger partial charge in [-0.15, -0.1) is 5.10 Å². The number of imidazole rings is 1. The number of hydrogen-bond acceptors (Lipinski definition) is 5. The minimum atomic E-state index is -0.184. The fourth-order valence-electron chi connectivity index (χ4n) is 4.91. The minimum Gasteiger partial charge on any atom is -0.480 e. The number of dihydropyridines is 1. The van der Waals surface area contributed by atoms with Crippen LogP contribution >= 0.6 is 0 Å². The van der Waals surface area contributed by atoms with Gasteiger partial charge in [-0.2, -0.15) is 0 Å². The lowest BCUT2D eigenvalue weighted by Gasteiger charge is -2.38. The first-order valence-corrected chi connectivity index (χ1v) is 11.8. The number of allylic oxidation sites excluding steroid dienone is 1. The molecule has 2 aromatic heterocycles. The van der Waals surface area contributed by atoms with Crippen LogP contribution in [-0.2, 0) is 5.54 Å². The van der Waals surface area contributed by atoms with Crippen molar-refractivity contribution >= 4 is 17.4 Å². The van der Waals surface area contributed by atoms with E-state index in [9.17, 15) is 0 Å². The predicted molar refractivity (Wildman–Crippen MR) is 136 cm³/mol. The second-order valence-corrected chi connectivity index (χ2v) is 9.10. The molecule has 1 saturated carbocycles. The van der Waals surface area contributed by atoms with Crippen molar-refractivity contribution in [3.8, 4) is 28.4 Å². The lowest BCUT2D eigenvalue weighted by molar-refractivity contribution is 0.253. The highest BCUT2D eigenvalue weighted by atomic mass is 16.5. The Labute approximate surface area is 198 Å². The van der Waals surface area contributed by atoms with Gasteiger partial charge in [0, 0.05) is 41.1 Å². The lowest BCUT2D eigenvalue weighted by Crippen LogP contribution is -2.43. The summed E-state index contributed by atoms with van der Waals surface area (Å²) in [6, 6.07) is 20.9. The molecule has 0 bridgehead atoms.